The second-order valence-corrected chi connectivity index (χ2v) is 12.5. The van der Waals surface area contributed by atoms with Gasteiger partial charge in [-0.2, -0.15) is 0 Å². The van der Waals surface area contributed by atoms with E-state index in [4.69, 9.17) is 4.74 Å². The molecule has 2 N–H and O–H groups in total. The third-order valence-electron chi connectivity index (χ3n) is 8.53. The van der Waals surface area contributed by atoms with Crippen LogP contribution in [0, 0.1) is 17.8 Å². The molecule has 4 amide bonds. The van der Waals surface area contributed by atoms with Crippen LogP contribution in [0.1, 0.15) is 64.7 Å². The minimum absolute atomic E-state index is 0.0501. The highest BCUT2D eigenvalue weighted by molar-refractivity contribution is 9.10. The van der Waals surface area contributed by atoms with Gasteiger partial charge in [0.1, 0.15) is 6.04 Å². The number of benzene rings is 3. The first-order chi connectivity index (χ1) is 20.7. The molecule has 1 fully saturated rings. The van der Waals surface area contributed by atoms with E-state index >= 15 is 0 Å². The molecule has 0 radical (unpaired) electrons. The van der Waals surface area contributed by atoms with Crippen molar-refractivity contribution in [3.8, 4) is 0 Å². The summed E-state index contributed by atoms with van der Waals surface area (Å²) >= 11 is 3.29. The van der Waals surface area contributed by atoms with Gasteiger partial charge in [-0.15, -0.1) is 0 Å². The van der Waals surface area contributed by atoms with E-state index in [1.165, 1.54) is 0 Å². The van der Waals surface area contributed by atoms with Crippen LogP contribution in [0.2, 0.25) is 0 Å². The van der Waals surface area contributed by atoms with Gasteiger partial charge in [0.2, 0.25) is 11.8 Å². The fourth-order valence-corrected chi connectivity index (χ4v) is 7.09. The number of rotatable bonds is 7. The van der Waals surface area contributed by atoms with Crippen molar-refractivity contribution >= 4 is 45.5 Å². The van der Waals surface area contributed by atoms with Crippen molar-refractivity contribution in [3.05, 3.63) is 105 Å². The van der Waals surface area contributed by atoms with Crippen molar-refractivity contribution in [3.63, 3.8) is 0 Å². The second kappa shape index (κ2) is 11.4. The SMILES string of the molecule is CC(C)C[C@H](C(=O)OCC(=O)NNC(=O)c1ccc(Br)cc1)N1C(=O)[C@@H]2C3c4ccccc4C(c4ccccc43)[C@@H]2C1=O. The fraction of sp³-hybridized carbons (Fsp3) is 0.303. The zero-order valence-corrected chi connectivity index (χ0v) is 25.2. The monoisotopic (exact) mass is 643 g/mol. The van der Waals surface area contributed by atoms with E-state index in [1.54, 1.807) is 24.3 Å². The molecule has 1 saturated heterocycles. The van der Waals surface area contributed by atoms with Crippen LogP contribution in [0.3, 0.4) is 0 Å². The summed E-state index contributed by atoms with van der Waals surface area (Å²) in [6.45, 7) is 3.08. The van der Waals surface area contributed by atoms with Crippen molar-refractivity contribution in [2.45, 2.75) is 38.1 Å². The number of esters is 1. The lowest BCUT2D eigenvalue weighted by Gasteiger charge is -2.45. The summed E-state index contributed by atoms with van der Waals surface area (Å²) in [5, 5.41) is 0. The molecule has 43 heavy (non-hydrogen) atoms. The van der Waals surface area contributed by atoms with E-state index in [9.17, 15) is 24.0 Å². The number of nitrogens with zero attached hydrogens (tertiary/aromatic N) is 1. The Bertz CT molecular complexity index is 1520. The van der Waals surface area contributed by atoms with E-state index in [0.29, 0.717) is 5.56 Å². The lowest BCUT2D eigenvalue weighted by Crippen LogP contribution is -2.48. The summed E-state index contributed by atoms with van der Waals surface area (Å²) in [5.41, 5.74) is 8.99. The Morgan fingerprint density at radius 2 is 1.28 bits per heavy atom. The first kappa shape index (κ1) is 28.8. The molecule has 220 valence electrons. The standard InChI is InChI=1S/C33H30BrN3O6/c1-17(2)15-24(33(42)43-16-25(38)35-36-30(39)18-11-13-19(34)14-12-18)37-31(40)28-26-20-7-3-4-8-21(20)27(29(28)32(37)41)23-10-6-5-9-22(23)26/h3-14,17,24,26-29H,15-16H2,1-2H3,(H,35,38)(H,36,39)/t24-,26?,27?,28-,29+/m1/s1. The molecule has 7 rings (SSSR count). The van der Waals surface area contributed by atoms with Gasteiger partial charge in [-0.3, -0.25) is 34.9 Å². The number of hydrogen-bond donors (Lipinski definition) is 2. The van der Waals surface area contributed by atoms with Crippen LogP contribution in [0.4, 0.5) is 0 Å². The first-order valence-corrected chi connectivity index (χ1v) is 15.0. The maximum atomic E-state index is 14.1. The minimum atomic E-state index is -1.18. The second-order valence-electron chi connectivity index (χ2n) is 11.6. The summed E-state index contributed by atoms with van der Waals surface area (Å²) in [6, 6.07) is 21.2. The molecule has 0 spiro atoms. The third-order valence-corrected chi connectivity index (χ3v) is 9.06. The topological polar surface area (TPSA) is 122 Å². The highest BCUT2D eigenvalue weighted by Crippen LogP contribution is 2.61. The van der Waals surface area contributed by atoms with Gasteiger partial charge in [-0.25, -0.2) is 4.79 Å². The number of hydrogen-bond acceptors (Lipinski definition) is 6. The Morgan fingerprint density at radius 3 is 1.74 bits per heavy atom. The Morgan fingerprint density at radius 1 is 0.791 bits per heavy atom. The lowest BCUT2D eigenvalue weighted by molar-refractivity contribution is -0.161. The van der Waals surface area contributed by atoms with Gasteiger partial charge in [0.05, 0.1) is 11.8 Å². The predicted octanol–water partition coefficient (Wildman–Crippen LogP) is 4.06. The Balaban J connectivity index is 1.19. The highest BCUT2D eigenvalue weighted by atomic mass is 79.9. The highest BCUT2D eigenvalue weighted by Gasteiger charge is 2.63. The van der Waals surface area contributed by atoms with Gasteiger partial charge in [-0.1, -0.05) is 78.3 Å². The van der Waals surface area contributed by atoms with E-state index in [1.807, 2.05) is 62.4 Å². The van der Waals surface area contributed by atoms with Gasteiger partial charge >= 0.3 is 5.97 Å². The number of amides is 4. The van der Waals surface area contributed by atoms with Crippen LogP contribution in [-0.4, -0.2) is 47.1 Å². The summed E-state index contributed by atoms with van der Waals surface area (Å²) in [6.07, 6.45) is 0.187. The quantitative estimate of drug-likeness (QED) is 0.228. The number of ether oxygens (including phenoxy) is 1. The zero-order valence-electron chi connectivity index (χ0n) is 23.6. The molecule has 0 unspecified atom stereocenters. The number of nitrogens with one attached hydrogen (secondary N) is 2. The van der Waals surface area contributed by atoms with Gasteiger partial charge in [-0.05, 0) is 58.9 Å². The third kappa shape index (κ3) is 5.03. The van der Waals surface area contributed by atoms with Gasteiger partial charge < -0.3 is 4.74 Å². The minimum Gasteiger partial charge on any atom is -0.454 e. The van der Waals surface area contributed by atoms with E-state index in [-0.39, 0.29) is 36.0 Å². The van der Waals surface area contributed by atoms with Crippen molar-refractivity contribution in [1.29, 1.82) is 0 Å². The maximum Gasteiger partial charge on any atom is 0.329 e. The number of hydrazine groups is 1. The molecular weight excluding hydrogens is 614 g/mol. The molecule has 2 bridgehead atoms. The van der Waals surface area contributed by atoms with E-state index in [2.05, 4.69) is 26.8 Å². The van der Waals surface area contributed by atoms with Crippen LogP contribution in [0.15, 0.2) is 77.3 Å². The van der Waals surface area contributed by atoms with Crippen molar-refractivity contribution in [2.75, 3.05) is 6.61 Å². The van der Waals surface area contributed by atoms with E-state index < -0.39 is 42.3 Å². The molecule has 3 aliphatic carbocycles. The number of carbonyl (C=O) groups excluding carboxylic acids is 5. The molecule has 3 aromatic carbocycles. The smallest absolute Gasteiger partial charge is 0.329 e. The summed E-state index contributed by atoms with van der Waals surface area (Å²) in [5.74, 6) is -4.80. The maximum absolute atomic E-state index is 14.1. The largest absolute Gasteiger partial charge is 0.454 e. The Labute approximate surface area is 257 Å². The normalized spacial score (nSPS) is 22.0. The molecular formula is C33H30BrN3O6. The average Bonchev–Trinajstić information content (AvgIpc) is 3.27. The van der Waals surface area contributed by atoms with Gasteiger partial charge in [0, 0.05) is 21.9 Å². The van der Waals surface area contributed by atoms with Crippen LogP contribution in [-0.2, 0) is 23.9 Å². The number of likely N-dealkylation sites (tertiary alicyclic amines) is 1. The van der Waals surface area contributed by atoms with Crippen molar-refractivity contribution in [2.24, 2.45) is 17.8 Å². The first-order valence-electron chi connectivity index (χ1n) is 14.2. The van der Waals surface area contributed by atoms with Gasteiger partial charge in [0.25, 0.3) is 11.8 Å². The Kier molecular flexibility index (Phi) is 7.64. The molecule has 0 aromatic heterocycles. The van der Waals surface area contributed by atoms with Crippen molar-refractivity contribution in [1.82, 2.24) is 15.8 Å². The summed E-state index contributed by atoms with van der Waals surface area (Å²) in [7, 11) is 0. The molecule has 3 aromatic rings. The molecule has 0 saturated carbocycles. The lowest BCUT2D eigenvalue weighted by atomic mass is 9.55. The van der Waals surface area contributed by atoms with Crippen LogP contribution in [0.5, 0.6) is 0 Å². The predicted molar refractivity (Wildman–Crippen MR) is 159 cm³/mol. The molecule has 3 atom stereocenters. The van der Waals surface area contributed by atoms with E-state index in [0.717, 1.165) is 31.6 Å². The van der Waals surface area contributed by atoms with Crippen LogP contribution < -0.4 is 10.9 Å². The number of imide groups is 1. The number of halogens is 1. The Hall–Kier alpha value is -4.31. The zero-order chi connectivity index (χ0) is 30.4. The number of carbonyl (C=O) groups is 5. The molecule has 10 heteroatoms. The fourth-order valence-electron chi connectivity index (χ4n) is 6.83. The molecule has 1 aliphatic heterocycles. The summed E-state index contributed by atoms with van der Waals surface area (Å²) < 4.78 is 6.12. The molecule has 4 aliphatic rings. The van der Waals surface area contributed by atoms with Crippen molar-refractivity contribution < 1.29 is 28.7 Å². The molecule has 9 nitrogen and oxygen atoms in total. The van der Waals surface area contributed by atoms with Crippen LogP contribution in [0.25, 0.3) is 0 Å². The average molecular weight is 645 g/mol. The summed E-state index contributed by atoms with van der Waals surface area (Å²) in [4.78, 5) is 67.5. The van der Waals surface area contributed by atoms with Crippen LogP contribution >= 0.6 is 15.9 Å². The van der Waals surface area contributed by atoms with Gasteiger partial charge in [0.15, 0.2) is 6.61 Å². The molecule has 1 heterocycles.